The lowest BCUT2D eigenvalue weighted by Gasteiger charge is -2.43. The largest absolute Gasteiger partial charge is 0.435 e. The Labute approximate surface area is 246 Å². The van der Waals surface area contributed by atoms with Crippen LogP contribution < -0.4 is 0 Å². The van der Waals surface area contributed by atoms with Crippen molar-refractivity contribution in [3.63, 3.8) is 0 Å². The van der Waals surface area contributed by atoms with Crippen molar-refractivity contribution in [3.8, 4) is 0 Å². The number of halogens is 8. The normalized spacial score (nSPS) is 24.0. The summed E-state index contributed by atoms with van der Waals surface area (Å²) < 4.78 is 139. The standard InChI is InChI=1S/C29H25F8N3O3S/c30-20-4-7-22(8-5-20)44(42,43)26-11-12-40(25(41)18-1-6-21-14-38-16-39(21)15-18)24(26)10-2-17-13-19(3-9-23(17)26)27(31,28(32,33)34)29(35,36)37/h3-5,7-9,13-14,16,18,24H,1-2,6,10-12,15H2/t18-,24+,26+/m1/s1. The summed E-state index contributed by atoms with van der Waals surface area (Å²) in [7, 11) is -4.55. The zero-order valence-electron chi connectivity index (χ0n) is 22.8. The molecule has 6 nitrogen and oxygen atoms in total. The molecule has 0 radical (unpaired) electrons. The maximum Gasteiger partial charge on any atom is 0.435 e. The van der Waals surface area contributed by atoms with Crippen LogP contribution in [0.5, 0.6) is 0 Å². The number of aryl methyl sites for hydroxylation is 2. The van der Waals surface area contributed by atoms with Crippen molar-refractivity contribution in [2.24, 2.45) is 5.92 Å². The molecule has 0 spiro atoms. The van der Waals surface area contributed by atoms with Crippen molar-refractivity contribution in [1.29, 1.82) is 0 Å². The maximum absolute atomic E-state index is 15.0. The van der Waals surface area contributed by atoms with Crippen molar-refractivity contribution < 1.29 is 48.3 Å². The Morgan fingerprint density at radius 3 is 2.27 bits per heavy atom. The fourth-order valence-corrected chi connectivity index (χ4v) is 9.49. The topological polar surface area (TPSA) is 72.3 Å². The smallest absolute Gasteiger partial charge is 0.337 e. The van der Waals surface area contributed by atoms with E-state index in [1.54, 1.807) is 12.5 Å². The van der Waals surface area contributed by atoms with Gasteiger partial charge in [0, 0.05) is 30.5 Å². The molecule has 6 rings (SSSR count). The number of sulfone groups is 1. The van der Waals surface area contributed by atoms with Crippen LogP contribution in [-0.4, -0.2) is 53.7 Å². The molecule has 2 aliphatic heterocycles. The van der Waals surface area contributed by atoms with Crippen LogP contribution in [-0.2, 0) is 44.4 Å². The van der Waals surface area contributed by atoms with E-state index < -0.39 is 55.9 Å². The van der Waals surface area contributed by atoms with Crippen LogP contribution >= 0.6 is 0 Å². The van der Waals surface area contributed by atoms with Gasteiger partial charge in [-0.25, -0.2) is 22.2 Å². The van der Waals surface area contributed by atoms with E-state index in [4.69, 9.17) is 0 Å². The number of rotatable bonds is 4. The summed E-state index contributed by atoms with van der Waals surface area (Å²) in [5.74, 6) is -1.58. The van der Waals surface area contributed by atoms with Gasteiger partial charge in [0.1, 0.15) is 10.6 Å². The van der Waals surface area contributed by atoms with Gasteiger partial charge in [-0.3, -0.25) is 4.79 Å². The highest BCUT2D eigenvalue weighted by molar-refractivity contribution is 7.92. The molecule has 3 aromatic rings. The van der Waals surface area contributed by atoms with E-state index in [1.165, 1.54) is 4.90 Å². The van der Waals surface area contributed by atoms with Gasteiger partial charge >= 0.3 is 18.0 Å². The SMILES string of the molecule is O=C([C@@H]1CCc2cncn2C1)N1CC[C@]2(S(=O)(=O)c3ccc(F)cc3)c3ccc(C(F)(C(F)(F)F)C(F)(F)F)cc3CC[C@H]12. The second-order valence-corrected chi connectivity index (χ2v) is 13.7. The average Bonchev–Trinajstić information content (AvgIpc) is 3.60. The van der Waals surface area contributed by atoms with Crippen molar-refractivity contribution >= 4 is 15.7 Å². The Bertz CT molecular complexity index is 1700. The van der Waals surface area contributed by atoms with Gasteiger partial charge in [-0.1, -0.05) is 18.2 Å². The number of hydrogen-bond donors (Lipinski definition) is 0. The molecule has 1 aromatic heterocycles. The molecular formula is C29H25F8N3O3S. The second-order valence-electron chi connectivity index (χ2n) is 11.5. The van der Waals surface area contributed by atoms with E-state index in [1.807, 2.05) is 4.57 Å². The highest BCUT2D eigenvalue weighted by atomic mass is 32.2. The number of fused-ring (bicyclic) bond motifs is 4. The van der Waals surface area contributed by atoms with E-state index in [2.05, 4.69) is 4.98 Å². The highest BCUT2D eigenvalue weighted by Gasteiger charge is 2.74. The van der Waals surface area contributed by atoms with Crippen LogP contribution in [0.25, 0.3) is 0 Å². The fraction of sp³-hybridized carbons (Fsp3) is 0.448. The lowest BCUT2D eigenvalue weighted by molar-refractivity contribution is -0.348. The molecule has 3 heterocycles. The van der Waals surface area contributed by atoms with Crippen molar-refractivity contribution in [2.75, 3.05) is 6.54 Å². The number of nitrogens with zero attached hydrogens (tertiary/aromatic N) is 3. The molecule has 0 saturated carbocycles. The van der Waals surface area contributed by atoms with Crippen LogP contribution in [0, 0.1) is 11.7 Å². The number of amides is 1. The number of carbonyl (C=O) groups excluding carboxylic acids is 1. The van der Waals surface area contributed by atoms with Gasteiger partial charge in [0.25, 0.3) is 0 Å². The number of aromatic nitrogens is 2. The minimum Gasteiger partial charge on any atom is -0.337 e. The number of imidazole rings is 1. The van der Waals surface area contributed by atoms with Crippen LogP contribution in [0.15, 0.2) is 59.9 Å². The molecule has 1 fully saturated rings. The van der Waals surface area contributed by atoms with Crippen molar-refractivity contribution in [1.82, 2.24) is 14.5 Å². The lowest BCUT2D eigenvalue weighted by atomic mass is 9.76. The Morgan fingerprint density at radius 2 is 1.61 bits per heavy atom. The monoisotopic (exact) mass is 647 g/mol. The van der Waals surface area contributed by atoms with E-state index in [0.29, 0.717) is 31.5 Å². The predicted octanol–water partition coefficient (Wildman–Crippen LogP) is 5.79. The Balaban J connectivity index is 1.47. The third kappa shape index (κ3) is 4.28. The van der Waals surface area contributed by atoms with Crippen molar-refractivity contribution in [2.45, 2.75) is 72.4 Å². The number of alkyl halides is 7. The minimum absolute atomic E-state index is 0.0590. The number of carbonyl (C=O) groups is 1. The van der Waals surface area contributed by atoms with Gasteiger partial charge in [-0.2, -0.15) is 26.3 Å². The number of hydrogen-bond acceptors (Lipinski definition) is 4. The molecule has 1 amide bonds. The first-order valence-electron chi connectivity index (χ1n) is 13.8. The third-order valence-electron chi connectivity index (χ3n) is 9.27. The first kappa shape index (κ1) is 30.5. The van der Waals surface area contributed by atoms with Crippen LogP contribution in [0.4, 0.5) is 35.1 Å². The van der Waals surface area contributed by atoms with Gasteiger partial charge in [0.15, 0.2) is 9.84 Å². The molecule has 2 aromatic carbocycles. The minimum atomic E-state index is -6.35. The predicted molar refractivity (Wildman–Crippen MR) is 139 cm³/mol. The first-order valence-corrected chi connectivity index (χ1v) is 15.3. The average molecular weight is 648 g/mol. The molecule has 1 saturated heterocycles. The summed E-state index contributed by atoms with van der Waals surface area (Å²) in [5, 5.41) is 0. The Kier molecular flexibility index (Phi) is 6.95. The summed E-state index contributed by atoms with van der Waals surface area (Å²) in [6.45, 7) is 0.249. The van der Waals surface area contributed by atoms with Crippen molar-refractivity contribution in [3.05, 3.63) is 83.2 Å². The fourth-order valence-electron chi connectivity index (χ4n) is 7.13. The molecule has 0 unspecified atom stereocenters. The Morgan fingerprint density at radius 1 is 0.932 bits per heavy atom. The van der Waals surface area contributed by atoms with E-state index in [-0.39, 0.29) is 47.7 Å². The zero-order chi connectivity index (χ0) is 31.9. The molecule has 3 atom stereocenters. The van der Waals surface area contributed by atoms with Gasteiger partial charge < -0.3 is 9.47 Å². The van der Waals surface area contributed by atoms with Crippen LogP contribution in [0.3, 0.4) is 0 Å². The molecule has 3 aliphatic rings. The molecule has 236 valence electrons. The number of likely N-dealkylation sites (tertiary alicyclic amines) is 1. The van der Waals surface area contributed by atoms with E-state index >= 15 is 4.39 Å². The maximum atomic E-state index is 15.0. The van der Waals surface area contributed by atoms with Gasteiger partial charge in [-0.05, 0) is 67.5 Å². The summed E-state index contributed by atoms with van der Waals surface area (Å²) >= 11 is 0. The Hall–Kier alpha value is -3.49. The van der Waals surface area contributed by atoms with E-state index in [0.717, 1.165) is 36.0 Å². The molecule has 0 N–H and O–H groups in total. The summed E-state index contributed by atoms with van der Waals surface area (Å²) in [6, 6.07) is 4.38. The van der Waals surface area contributed by atoms with E-state index in [9.17, 15) is 43.9 Å². The summed E-state index contributed by atoms with van der Waals surface area (Å²) in [5.41, 5.74) is -6.78. The van der Waals surface area contributed by atoms with Gasteiger partial charge in [0.2, 0.25) is 5.91 Å². The lowest BCUT2D eigenvalue weighted by Crippen LogP contribution is -2.54. The third-order valence-corrected chi connectivity index (χ3v) is 11.8. The van der Waals surface area contributed by atoms with Gasteiger partial charge in [-0.15, -0.1) is 0 Å². The zero-order valence-corrected chi connectivity index (χ0v) is 23.6. The summed E-state index contributed by atoms with van der Waals surface area (Å²) in [6.07, 6.45) is -8.94. The molecular weight excluding hydrogens is 622 g/mol. The molecule has 0 bridgehead atoms. The highest BCUT2D eigenvalue weighted by Crippen LogP contribution is 2.57. The number of benzene rings is 2. The summed E-state index contributed by atoms with van der Waals surface area (Å²) in [4.78, 5) is 19.1. The van der Waals surface area contributed by atoms with Crippen LogP contribution in [0.2, 0.25) is 0 Å². The quantitative estimate of drug-likeness (QED) is 0.266. The van der Waals surface area contributed by atoms with Gasteiger partial charge in [0.05, 0.1) is 23.2 Å². The second kappa shape index (κ2) is 10.0. The molecule has 15 heteroatoms. The van der Waals surface area contributed by atoms with Crippen LogP contribution in [0.1, 0.15) is 41.6 Å². The molecule has 1 aliphatic carbocycles. The first-order chi connectivity index (χ1) is 20.5. The molecule has 44 heavy (non-hydrogen) atoms.